The molecular formula is C12H24N2O2. The summed E-state index contributed by atoms with van der Waals surface area (Å²) in [5.74, 6) is 0.121. The SMILES string of the molecule is CCOC1CC(NCC(=O)N(C)C)C1(C)C. The summed E-state index contributed by atoms with van der Waals surface area (Å²) in [6.45, 7) is 7.58. The van der Waals surface area contributed by atoms with Gasteiger partial charge >= 0.3 is 0 Å². The first-order chi connectivity index (χ1) is 7.39. The molecule has 1 N–H and O–H groups in total. The fourth-order valence-corrected chi connectivity index (χ4v) is 2.08. The Hall–Kier alpha value is -0.610. The van der Waals surface area contributed by atoms with E-state index < -0.39 is 0 Å². The molecule has 1 fully saturated rings. The van der Waals surface area contributed by atoms with Crippen LogP contribution in [0.15, 0.2) is 0 Å². The summed E-state index contributed by atoms with van der Waals surface area (Å²) in [5, 5.41) is 3.31. The molecule has 1 amide bonds. The molecule has 0 heterocycles. The second-order valence-corrected chi connectivity index (χ2v) is 5.22. The highest BCUT2D eigenvalue weighted by Gasteiger charge is 2.48. The van der Waals surface area contributed by atoms with E-state index in [0.717, 1.165) is 13.0 Å². The molecule has 2 unspecified atom stereocenters. The third kappa shape index (κ3) is 2.74. The van der Waals surface area contributed by atoms with E-state index in [0.29, 0.717) is 18.7 Å². The van der Waals surface area contributed by atoms with E-state index in [2.05, 4.69) is 19.2 Å². The largest absolute Gasteiger partial charge is 0.378 e. The summed E-state index contributed by atoms with van der Waals surface area (Å²) in [4.78, 5) is 13.0. The van der Waals surface area contributed by atoms with E-state index in [1.165, 1.54) is 0 Å². The van der Waals surface area contributed by atoms with Crippen molar-refractivity contribution in [2.75, 3.05) is 27.2 Å². The number of rotatable bonds is 5. The third-order valence-electron chi connectivity index (χ3n) is 3.54. The molecule has 0 saturated heterocycles. The van der Waals surface area contributed by atoms with E-state index in [-0.39, 0.29) is 11.3 Å². The van der Waals surface area contributed by atoms with Crippen molar-refractivity contribution in [3.63, 3.8) is 0 Å². The minimum absolute atomic E-state index is 0.121. The fourth-order valence-electron chi connectivity index (χ4n) is 2.08. The third-order valence-corrected chi connectivity index (χ3v) is 3.54. The smallest absolute Gasteiger partial charge is 0.236 e. The molecule has 1 saturated carbocycles. The Morgan fingerprint density at radius 1 is 1.50 bits per heavy atom. The molecule has 0 bridgehead atoms. The molecule has 4 nitrogen and oxygen atoms in total. The van der Waals surface area contributed by atoms with Crippen LogP contribution in [-0.2, 0) is 9.53 Å². The highest BCUT2D eigenvalue weighted by Crippen LogP contribution is 2.42. The van der Waals surface area contributed by atoms with Gasteiger partial charge in [0, 0.05) is 32.2 Å². The van der Waals surface area contributed by atoms with Crippen molar-refractivity contribution < 1.29 is 9.53 Å². The molecule has 0 aromatic rings. The maximum absolute atomic E-state index is 11.4. The zero-order valence-electron chi connectivity index (χ0n) is 11.0. The lowest BCUT2D eigenvalue weighted by Gasteiger charge is -2.51. The maximum Gasteiger partial charge on any atom is 0.236 e. The molecule has 1 rings (SSSR count). The van der Waals surface area contributed by atoms with Crippen molar-refractivity contribution in [3.8, 4) is 0 Å². The number of amides is 1. The highest BCUT2D eigenvalue weighted by molar-refractivity contribution is 5.77. The summed E-state index contributed by atoms with van der Waals surface area (Å²) >= 11 is 0. The minimum atomic E-state index is 0.121. The summed E-state index contributed by atoms with van der Waals surface area (Å²) in [6.07, 6.45) is 1.33. The first-order valence-corrected chi connectivity index (χ1v) is 5.94. The lowest BCUT2D eigenvalue weighted by molar-refractivity contribution is -0.132. The fraction of sp³-hybridized carbons (Fsp3) is 0.917. The monoisotopic (exact) mass is 228 g/mol. The molecule has 0 aromatic carbocycles. The minimum Gasteiger partial charge on any atom is -0.378 e. The van der Waals surface area contributed by atoms with Gasteiger partial charge in [-0.15, -0.1) is 0 Å². The number of carbonyl (C=O) groups is 1. The average Bonchev–Trinajstić information content (AvgIpc) is 2.21. The van der Waals surface area contributed by atoms with Gasteiger partial charge in [-0.1, -0.05) is 13.8 Å². The van der Waals surface area contributed by atoms with Crippen molar-refractivity contribution in [2.45, 2.75) is 39.3 Å². The Morgan fingerprint density at radius 3 is 2.56 bits per heavy atom. The molecule has 16 heavy (non-hydrogen) atoms. The quantitative estimate of drug-likeness (QED) is 0.759. The summed E-state index contributed by atoms with van der Waals surface area (Å²) in [7, 11) is 3.55. The molecule has 1 aliphatic carbocycles. The van der Waals surface area contributed by atoms with Crippen molar-refractivity contribution in [1.29, 1.82) is 0 Å². The predicted molar refractivity (Wildman–Crippen MR) is 64.3 cm³/mol. The van der Waals surface area contributed by atoms with Crippen LogP contribution in [0.3, 0.4) is 0 Å². The Kier molecular flexibility index (Phi) is 4.33. The first-order valence-electron chi connectivity index (χ1n) is 5.94. The number of hydrogen-bond acceptors (Lipinski definition) is 3. The van der Waals surface area contributed by atoms with Crippen LogP contribution < -0.4 is 5.32 Å². The number of ether oxygens (including phenoxy) is 1. The number of likely N-dealkylation sites (N-methyl/N-ethyl adjacent to an activating group) is 1. The Labute approximate surface area is 98.3 Å². The van der Waals surface area contributed by atoms with Gasteiger partial charge in [0.25, 0.3) is 0 Å². The Morgan fingerprint density at radius 2 is 2.12 bits per heavy atom. The number of nitrogens with one attached hydrogen (secondary N) is 1. The van der Waals surface area contributed by atoms with Gasteiger partial charge in [0.2, 0.25) is 5.91 Å². The van der Waals surface area contributed by atoms with Crippen LogP contribution in [-0.4, -0.2) is 50.2 Å². The topological polar surface area (TPSA) is 41.6 Å². The molecule has 94 valence electrons. The van der Waals surface area contributed by atoms with E-state index in [1.807, 2.05) is 6.92 Å². The van der Waals surface area contributed by atoms with Crippen LogP contribution in [0.5, 0.6) is 0 Å². The summed E-state index contributed by atoms with van der Waals surface area (Å²) in [5.41, 5.74) is 0.128. The zero-order valence-corrected chi connectivity index (χ0v) is 11.0. The molecule has 1 aliphatic rings. The van der Waals surface area contributed by atoms with Crippen LogP contribution in [0.1, 0.15) is 27.2 Å². The lowest BCUT2D eigenvalue weighted by atomic mass is 9.64. The molecule has 0 spiro atoms. The van der Waals surface area contributed by atoms with Gasteiger partial charge < -0.3 is 15.0 Å². The lowest BCUT2D eigenvalue weighted by Crippen LogP contribution is -2.61. The Balaban J connectivity index is 2.34. The number of carbonyl (C=O) groups excluding carboxylic acids is 1. The number of nitrogens with zero attached hydrogens (tertiary/aromatic N) is 1. The van der Waals surface area contributed by atoms with Gasteiger partial charge in [-0.3, -0.25) is 4.79 Å². The van der Waals surface area contributed by atoms with Crippen LogP contribution in [0, 0.1) is 5.41 Å². The van der Waals surface area contributed by atoms with Gasteiger partial charge in [-0.05, 0) is 13.3 Å². The van der Waals surface area contributed by atoms with Gasteiger partial charge in [0.15, 0.2) is 0 Å². The second kappa shape index (κ2) is 5.15. The van der Waals surface area contributed by atoms with Crippen LogP contribution in [0.4, 0.5) is 0 Å². The van der Waals surface area contributed by atoms with E-state index >= 15 is 0 Å². The normalized spacial score (nSPS) is 27.3. The van der Waals surface area contributed by atoms with Crippen LogP contribution >= 0.6 is 0 Å². The van der Waals surface area contributed by atoms with E-state index in [1.54, 1.807) is 19.0 Å². The van der Waals surface area contributed by atoms with Crippen LogP contribution in [0.25, 0.3) is 0 Å². The maximum atomic E-state index is 11.4. The van der Waals surface area contributed by atoms with E-state index in [4.69, 9.17) is 4.74 Å². The van der Waals surface area contributed by atoms with Crippen molar-refractivity contribution in [2.24, 2.45) is 5.41 Å². The zero-order chi connectivity index (χ0) is 12.3. The number of hydrogen-bond donors (Lipinski definition) is 1. The first kappa shape index (κ1) is 13.5. The highest BCUT2D eigenvalue weighted by atomic mass is 16.5. The molecule has 0 aromatic heterocycles. The predicted octanol–water partition coefficient (Wildman–Crippen LogP) is 0.868. The molecule has 0 radical (unpaired) electrons. The summed E-state index contributed by atoms with van der Waals surface area (Å²) < 4.78 is 5.64. The second-order valence-electron chi connectivity index (χ2n) is 5.22. The molecule has 4 heteroatoms. The van der Waals surface area contributed by atoms with E-state index in [9.17, 15) is 4.79 Å². The van der Waals surface area contributed by atoms with Gasteiger partial charge in [-0.2, -0.15) is 0 Å². The molecule has 0 aliphatic heterocycles. The Bertz CT molecular complexity index is 251. The van der Waals surface area contributed by atoms with Crippen molar-refractivity contribution in [3.05, 3.63) is 0 Å². The van der Waals surface area contributed by atoms with Crippen LogP contribution in [0.2, 0.25) is 0 Å². The summed E-state index contributed by atoms with van der Waals surface area (Å²) in [6, 6.07) is 0.382. The van der Waals surface area contributed by atoms with Crippen molar-refractivity contribution >= 4 is 5.91 Å². The van der Waals surface area contributed by atoms with Gasteiger partial charge in [0.1, 0.15) is 0 Å². The molecule has 2 atom stereocenters. The van der Waals surface area contributed by atoms with Crippen molar-refractivity contribution in [1.82, 2.24) is 10.2 Å². The van der Waals surface area contributed by atoms with Gasteiger partial charge in [0.05, 0.1) is 12.6 Å². The molecular weight excluding hydrogens is 204 g/mol. The standard InChI is InChI=1S/C12H24N2O2/c1-6-16-10-7-9(12(10,2)3)13-8-11(15)14(4)5/h9-10,13H,6-8H2,1-5H3. The van der Waals surface area contributed by atoms with Gasteiger partial charge in [-0.25, -0.2) is 0 Å². The average molecular weight is 228 g/mol.